The predicted octanol–water partition coefficient (Wildman–Crippen LogP) is 1.67. The lowest BCUT2D eigenvalue weighted by atomic mass is 10.0. The summed E-state index contributed by atoms with van der Waals surface area (Å²) in [6, 6.07) is 5.69. The van der Waals surface area contributed by atoms with Crippen LogP contribution in [-0.2, 0) is 20.9 Å². The fourth-order valence-corrected chi connectivity index (χ4v) is 2.38. The van der Waals surface area contributed by atoms with Gasteiger partial charge in [0.2, 0.25) is 5.91 Å². The van der Waals surface area contributed by atoms with E-state index in [1.54, 1.807) is 12.1 Å². The van der Waals surface area contributed by atoms with Gasteiger partial charge in [-0.05, 0) is 30.5 Å². The van der Waals surface area contributed by atoms with Crippen molar-refractivity contribution in [2.75, 3.05) is 19.8 Å². The third kappa shape index (κ3) is 4.53. The topological polar surface area (TPSA) is 66.8 Å². The van der Waals surface area contributed by atoms with Crippen LogP contribution >= 0.6 is 0 Å². The van der Waals surface area contributed by atoms with Crippen molar-refractivity contribution in [1.29, 1.82) is 0 Å². The van der Waals surface area contributed by atoms with Gasteiger partial charge in [-0.3, -0.25) is 9.59 Å². The van der Waals surface area contributed by atoms with Crippen molar-refractivity contribution >= 4 is 11.9 Å². The summed E-state index contributed by atoms with van der Waals surface area (Å²) in [5.74, 6) is -1.95. The van der Waals surface area contributed by atoms with Gasteiger partial charge in [0.15, 0.2) is 0 Å². The standard InChI is InChI=1S/C15H18FNO4/c16-13-5-3-11(4-6-13)8-17(9-14(18)19)15(20)12-2-1-7-21-10-12/h3-6,12H,1-2,7-10H2,(H,18,19)/t12-/m1/s1. The van der Waals surface area contributed by atoms with Gasteiger partial charge in [0, 0.05) is 13.2 Å². The molecule has 1 aliphatic heterocycles. The van der Waals surface area contributed by atoms with E-state index in [1.807, 2.05) is 0 Å². The molecule has 1 saturated heterocycles. The molecule has 0 saturated carbocycles. The largest absolute Gasteiger partial charge is 0.480 e. The van der Waals surface area contributed by atoms with Crippen molar-refractivity contribution in [1.82, 2.24) is 4.90 Å². The molecule has 0 unspecified atom stereocenters. The average molecular weight is 295 g/mol. The quantitative estimate of drug-likeness (QED) is 0.897. The molecule has 1 aliphatic rings. The van der Waals surface area contributed by atoms with Gasteiger partial charge >= 0.3 is 5.97 Å². The second-order valence-corrected chi connectivity index (χ2v) is 5.13. The molecule has 1 atom stereocenters. The maximum atomic E-state index is 12.9. The number of aliphatic carboxylic acids is 1. The molecular formula is C15H18FNO4. The normalized spacial score (nSPS) is 18.2. The van der Waals surface area contributed by atoms with Gasteiger partial charge in [-0.15, -0.1) is 0 Å². The summed E-state index contributed by atoms with van der Waals surface area (Å²) in [7, 11) is 0. The fourth-order valence-electron chi connectivity index (χ4n) is 2.38. The molecule has 21 heavy (non-hydrogen) atoms. The Labute approximate surface area is 122 Å². The minimum Gasteiger partial charge on any atom is -0.480 e. The van der Waals surface area contributed by atoms with Gasteiger partial charge in [0.1, 0.15) is 12.4 Å². The van der Waals surface area contributed by atoms with Gasteiger partial charge in [-0.1, -0.05) is 12.1 Å². The van der Waals surface area contributed by atoms with E-state index in [2.05, 4.69) is 0 Å². The number of hydrogen-bond acceptors (Lipinski definition) is 3. The van der Waals surface area contributed by atoms with Crippen LogP contribution in [0.1, 0.15) is 18.4 Å². The first-order chi connectivity index (χ1) is 10.1. The van der Waals surface area contributed by atoms with E-state index in [9.17, 15) is 14.0 Å². The first-order valence-electron chi connectivity index (χ1n) is 6.89. The number of rotatable bonds is 5. The van der Waals surface area contributed by atoms with Crippen LogP contribution in [0.2, 0.25) is 0 Å². The molecule has 0 aliphatic carbocycles. The summed E-state index contributed by atoms with van der Waals surface area (Å²) in [4.78, 5) is 24.7. The summed E-state index contributed by atoms with van der Waals surface area (Å²) >= 11 is 0. The molecule has 6 heteroatoms. The monoisotopic (exact) mass is 295 g/mol. The Morgan fingerprint density at radius 3 is 2.62 bits per heavy atom. The van der Waals surface area contributed by atoms with Crippen molar-refractivity contribution in [3.05, 3.63) is 35.6 Å². The van der Waals surface area contributed by atoms with E-state index < -0.39 is 5.97 Å². The second-order valence-electron chi connectivity index (χ2n) is 5.13. The number of benzene rings is 1. The molecule has 1 aromatic rings. The zero-order chi connectivity index (χ0) is 15.2. The number of carbonyl (C=O) groups is 2. The van der Waals surface area contributed by atoms with E-state index in [1.165, 1.54) is 17.0 Å². The number of halogens is 1. The Morgan fingerprint density at radius 2 is 2.05 bits per heavy atom. The lowest BCUT2D eigenvalue weighted by Gasteiger charge is -2.28. The minimum absolute atomic E-state index is 0.155. The summed E-state index contributed by atoms with van der Waals surface area (Å²) in [5, 5.41) is 8.97. The Hall–Kier alpha value is -1.95. The highest BCUT2D eigenvalue weighted by Crippen LogP contribution is 2.18. The summed E-state index contributed by atoms with van der Waals surface area (Å²) in [6.07, 6.45) is 1.51. The number of amides is 1. The number of carbonyl (C=O) groups excluding carboxylic acids is 1. The maximum absolute atomic E-state index is 12.9. The molecule has 5 nitrogen and oxygen atoms in total. The first-order valence-corrected chi connectivity index (χ1v) is 6.89. The highest BCUT2D eigenvalue weighted by molar-refractivity contribution is 5.83. The van der Waals surface area contributed by atoms with Gasteiger partial charge in [-0.2, -0.15) is 0 Å². The first kappa shape index (κ1) is 15.4. The Morgan fingerprint density at radius 1 is 1.33 bits per heavy atom. The molecule has 0 radical (unpaired) electrons. The van der Waals surface area contributed by atoms with Crippen LogP contribution in [0.25, 0.3) is 0 Å². The van der Waals surface area contributed by atoms with Gasteiger partial charge < -0.3 is 14.7 Å². The van der Waals surface area contributed by atoms with E-state index in [0.29, 0.717) is 25.2 Å². The molecule has 0 aromatic heterocycles. The average Bonchev–Trinajstić information content (AvgIpc) is 2.48. The fraction of sp³-hybridized carbons (Fsp3) is 0.467. The molecular weight excluding hydrogens is 277 g/mol. The number of carboxylic acids is 1. The lowest BCUT2D eigenvalue weighted by Crippen LogP contribution is -2.41. The second kappa shape index (κ2) is 7.17. The molecule has 114 valence electrons. The van der Waals surface area contributed by atoms with Crippen LogP contribution in [0.3, 0.4) is 0 Å². The minimum atomic E-state index is -1.07. The van der Waals surface area contributed by atoms with E-state index >= 15 is 0 Å². The van der Waals surface area contributed by atoms with Crippen LogP contribution in [0.15, 0.2) is 24.3 Å². The summed E-state index contributed by atoms with van der Waals surface area (Å²) < 4.78 is 18.2. The maximum Gasteiger partial charge on any atom is 0.323 e. The number of nitrogens with zero attached hydrogens (tertiary/aromatic N) is 1. The van der Waals surface area contributed by atoms with Crippen molar-refractivity contribution < 1.29 is 23.8 Å². The number of hydrogen-bond donors (Lipinski definition) is 1. The summed E-state index contributed by atoms with van der Waals surface area (Å²) in [5.41, 5.74) is 0.697. The number of carboxylic acid groups (broad SMARTS) is 1. The molecule has 1 fully saturated rings. The molecule has 1 aromatic carbocycles. The smallest absolute Gasteiger partial charge is 0.323 e. The van der Waals surface area contributed by atoms with Crippen molar-refractivity contribution in [2.24, 2.45) is 5.92 Å². The molecule has 1 amide bonds. The Kier molecular flexibility index (Phi) is 5.27. The van der Waals surface area contributed by atoms with E-state index in [4.69, 9.17) is 9.84 Å². The molecule has 0 spiro atoms. The third-order valence-electron chi connectivity index (χ3n) is 3.43. The molecule has 1 heterocycles. The molecule has 2 rings (SSSR count). The Bertz CT molecular complexity index is 497. The van der Waals surface area contributed by atoms with Crippen LogP contribution in [0.5, 0.6) is 0 Å². The SMILES string of the molecule is O=C(O)CN(Cc1ccc(F)cc1)C(=O)[C@@H]1CCCOC1. The number of ether oxygens (including phenoxy) is 1. The van der Waals surface area contributed by atoms with Crippen LogP contribution in [0.4, 0.5) is 4.39 Å². The molecule has 0 bridgehead atoms. The van der Waals surface area contributed by atoms with Crippen LogP contribution < -0.4 is 0 Å². The third-order valence-corrected chi connectivity index (χ3v) is 3.43. The zero-order valence-corrected chi connectivity index (χ0v) is 11.6. The van der Waals surface area contributed by atoms with Crippen molar-refractivity contribution in [2.45, 2.75) is 19.4 Å². The predicted molar refractivity (Wildman–Crippen MR) is 73.0 cm³/mol. The summed E-state index contributed by atoms with van der Waals surface area (Å²) in [6.45, 7) is 0.758. The van der Waals surface area contributed by atoms with Gasteiger partial charge in [0.05, 0.1) is 12.5 Å². The van der Waals surface area contributed by atoms with Gasteiger partial charge in [0.25, 0.3) is 0 Å². The lowest BCUT2D eigenvalue weighted by molar-refractivity contribution is -0.149. The van der Waals surface area contributed by atoms with E-state index in [0.717, 1.165) is 6.42 Å². The van der Waals surface area contributed by atoms with Crippen molar-refractivity contribution in [3.63, 3.8) is 0 Å². The highest BCUT2D eigenvalue weighted by Gasteiger charge is 2.27. The van der Waals surface area contributed by atoms with Crippen LogP contribution in [0, 0.1) is 11.7 Å². The van der Waals surface area contributed by atoms with Crippen molar-refractivity contribution in [3.8, 4) is 0 Å². The molecule has 1 N–H and O–H groups in total. The zero-order valence-electron chi connectivity index (χ0n) is 11.6. The highest BCUT2D eigenvalue weighted by atomic mass is 19.1. The Balaban J connectivity index is 2.07. The van der Waals surface area contributed by atoms with Crippen LogP contribution in [-0.4, -0.2) is 41.6 Å². The van der Waals surface area contributed by atoms with Gasteiger partial charge in [-0.25, -0.2) is 4.39 Å². The van der Waals surface area contributed by atoms with E-state index in [-0.39, 0.29) is 30.7 Å².